The number of aromatic nitrogens is 2. The van der Waals surface area contributed by atoms with Gasteiger partial charge in [0.2, 0.25) is 0 Å². The van der Waals surface area contributed by atoms with E-state index in [4.69, 9.17) is 4.74 Å². The smallest absolute Gasteiger partial charge is 0.314 e. The fourth-order valence-corrected chi connectivity index (χ4v) is 2.27. The molecule has 0 fully saturated rings. The summed E-state index contributed by atoms with van der Waals surface area (Å²) in [5, 5.41) is 5.77. The van der Waals surface area contributed by atoms with E-state index in [1.54, 1.807) is 7.11 Å². The van der Waals surface area contributed by atoms with Gasteiger partial charge in [0.05, 0.1) is 5.60 Å². The number of hydrogen-bond acceptors (Lipinski definition) is 3. The van der Waals surface area contributed by atoms with Crippen LogP contribution in [0.4, 0.5) is 4.79 Å². The molecule has 2 rings (SSSR count). The van der Waals surface area contributed by atoms with Crippen molar-refractivity contribution in [3.05, 3.63) is 18.2 Å². The Morgan fingerprint density at radius 1 is 1.55 bits per heavy atom. The van der Waals surface area contributed by atoms with E-state index in [2.05, 4.69) is 20.2 Å². The Labute approximate surface area is 119 Å². The maximum absolute atomic E-state index is 11.7. The minimum Gasteiger partial charge on any atom is -0.377 e. The molecule has 6 heteroatoms. The first-order chi connectivity index (χ1) is 9.50. The molecule has 2 N–H and O–H groups in total. The van der Waals surface area contributed by atoms with Crippen LogP contribution in [0.25, 0.3) is 0 Å². The highest BCUT2D eigenvalue weighted by Gasteiger charge is 2.20. The van der Waals surface area contributed by atoms with Crippen molar-refractivity contribution in [2.75, 3.05) is 20.2 Å². The molecule has 2 amide bonds. The summed E-state index contributed by atoms with van der Waals surface area (Å²) >= 11 is 0. The van der Waals surface area contributed by atoms with Gasteiger partial charge in [-0.2, -0.15) is 0 Å². The predicted molar refractivity (Wildman–Crippen MR) is 76.5 cm³/mol. The van der Waals surface area contributed by atoms with Crippen LogP contribution in [0.15, 0.2) is 12.4 Å². The Kier molecular flexibility index (Phi) is 4.65. The molecular formula is C14H24N4O2. The normalized spacial score (nSPS) is 18.4. The van der Waals surface area contributed by atoms with E-state index in [0.717, 1.165) is 25.2 Å². The second kappa shape index (κ2) is 6.26. The van der Waals surface area contributed by atoms with Gasteiger partial charge in [0, 0.05) is 45.6 Å². The van der Waals surface area contributed by atoms with Crippen molar-refractivity contribution >= 4 is 6.03 Å². The molecule has 1 atom stereocenters. The topological polar surface area (TPSA) is 68.2 Å². The number of imidazole rings is 1. The molecule has 0 spiro atoms. The molecule has 0 radical (unpaired) electrons. The molecule has 1 aromatic rings. The van der Waals surface area contributed by atoms with E-state index in [9.17, 15) is 4.79 Å². The second-order valence-corrected chi connectivity index (χ2v) is 5.93. The summed E-state index contributed by atoms with van der Waals surface area (Å²) in [5.74, 6) is 1.62. The fraction of sp³-hybridized carbons (Fsp3) is 0.714. The monoisotopic (exact) mass is 280 g/mol. The number of urea groups is 1. The number of carbonyl (C=O) groups is 1. The lowest BCUT2D eigenvalue weighted by Crippen LogP contribution is -2.45. The number of nitrogens with zero attached hydrogens (tertiary/aromatic N) is 2. The summed E-state index contributed by atoms with van der Waals surface area (Å²) in [4.78, 5) is 16.0. The third kappa shape index (κ3) is 3.96. The SMILES string of the molecule is COC(C)(C)CNC(=O)NC[C@@H]1CCc2nccn2C1. The van der Waals surface area contributed by atoms with Crippen LogP contribution < -0.4 is 10.6 Å². The second-order valence-electron chi connectivity index (χ2n) is 5.93. The Hall–Kier alpha value is -1.56. The van der Waals surface area contributed by atoms with Crippen LogP contribution >= 0.6 is 0 Å². The van der Waals surface area contributed by atoms with Gasteiger partial charge >= 0.3 is 6.03 Å². The highest BCUT2D eigenvalue weighted by atomic mass is 16.5. The predicted octanol–water partition coefficient (Wildman–Crippen LogP) is 1.17. The molecular weight excluding hydrogens is 256 g/mol. The first-order valence-electron chi connectivity index (χ1n) is 7.07. The largest absolute Gasteiger partial charge is 0.377 e. The summed E-state index contributed by atoms with van der Waals surface area (Å²) in [7, 11) is 1.64. The minimum atomic E-state index is -0.339. The summed E-state index contributed by atoms with van der Waals surface area (Å²) in [6, 6.07) is -0.133. The summed E-state index contributed by atoms with van der Waals surface area (Å²) in [5.41, 5.74) is -0.339. The zero-order valence-corrected chi connectivity index (χ0v) is 12.5. The van der Waals surface area contributed by atoms with Gasteiger partial charge in [0.25, 0.3) is 0 Å². The van der Waals surface area contributed by atoms with Gasteiger partial charge < -0.3 is 19.9 Å². The number of nitrogens with one attached hydrogen (secondary N) is 2. The number of aryl methyl sites for hydroxylation is 1. The molecule has 112 valence electrons. The van der Waals surface area contributed by atoms with Crippen molar-refractivity contribution in [1.82, 2.24) is 20.2 Å². The van der Waals surface area contributed by atoms with E-state index in [1.165, 1.54) is 0 Å². The lowest BCUT2D eigenvalue weighted by Gasteiger charge is -2.25. The van der Waals surface area contributed by atoms with Gasteiger partial charge in [-0.05, 0) is 26.2 Å². The lowest BCUT2D eigenvalue weighted by molar-refractivity contribution is 0.0253. The van der Waals surface area contributed by atoms with Crippen LogP contribution in [-0.2, 0) is 17.7 Å². The maximum atomic E-state index is 11.7. The van der Waals surface area contributed by atoms with E-state index >= 15 is 0 Å². The molecule has 1 aromatic heterocycles. The van der Waals surface area contributed by atoms with Gasteiger partial charge in [-0.15, -0.1) is 0 Å². The van der Waals surface area contributed by atoms with E-state index in [-0.39, 0.29) is 11.6 Å². The molecule has 20 heavy (non-hydrogen) atoms. The van der Waals surface area contributed by atoms with Crippen molar-refractivity contribution < 1.29 is 9.53 Å². The molecule has 1 aliphatic rings. The van der Waals surface area contributed by atoms with Gasteiger partial charge in [-0.3, -0.25) is 0 Å². The zero-order chi connectivity index (χ0) is 14.6. The van der Waals surface area contributed by atoms with Crippen molar-refractivity contribution in [2.24, 2.45) is 5.92 Å². The fourth-order valence-electron chi connectivity index (χ4n) is 2.27. The quantitative estimate of drug-likeness (QED) is 0.850. The average Bonchev–Trinajstić information content (AvgIpc) is 2.90. The summed E-state index contributed by atoms with van der Waals surface area (Å²) < 4.78 is 7.43. The number of ether oxygens (including phenoxy) is 1. The Morgan fingerprint density at radius 2 is 2.35 bits per heavy atom. The molecule has 2 heterocycles. The zero-order valence-electron chi connectivity index (χ0n) is 12.5. The first-order valence-corrected chi connectivity index (χ1v) is 7.07. The Morgan fingerprint density at radius 3 is 3.10 bits per heavy atom. The molecule has 0 saturated carbocycles. The molecule has 1 aliphatic heterocycles. The van der Waals surface area contributed by atoms with Gasteiger partial charge in [0.15, 0.2) is 0 Å². The lowest BCUT2D eigenvalue weighted by atomic mass is 9.99. The maximum Gasteiger partial charge on any atom is 0.314 e. The number of hydrogen-bond donors (Lipinski definition) is 2. The number of methoxy groups -OCH3 is 1. The standard InChI is InChI=1S/C14H24N4O2/c1-14(2,20-3)10-17-13(19)16-8-11-4-5-12-15-6-7-18(12)9-11/h6-7,11H,4-5,8-10H2,1-3H3,(H2,16,17,19)/t11-/m0/s1. The Bertz CT molecular complexity index is 456. The number of fused-ring (bicyclic) bond motifs is 1. The minimum absolute atomic E-state index is 0.133. The number of rotatable bonds is 5. The third-order valence-corrected chi connectivity index (χ3v) is 3.81. The average molecular weight is 280 g/mol. The number of carbonyl (C=O) groups excluding carboxylic acids is 1. The van der Waals surface area contributed by atoms with Crippen molar-refractivity contribution in [3.8, 4) is 0 Å². The van der Waals surface area contributed by atoms with Crippen LogP contribution in [-0.4, -0.2) is 41.4 Å². The Balaban J connectivity index is 1.70. The van der Waals surface area contributed by atoms with Crippen LogP contribution in [0, 0.1) is 5.92 Å². The third-order valence-electron chi connectivity index (χ3n) is 3.81. The molecule has 0 aromatic carbocycles. The van der Waals surface area contributed by atoms with E-state index in [0.29, 0.717) is 19.0 Å². The molecule has 0 saturated heterocycles. The van der Waals surface area contributed by atoms with Crippen LogP contribution in [0.3, 0.4) is 0 Å². The van der Waals surface area contributed by atoms with Gasteiger partial charge in [-0.1, -0.05) is 0 Å². The van der Waals surface area contributed by atoms with E-state index < -0.39 is 0 Å². The van der Waals surface area contributed by atoms with Crippen molar-refractivity contribution in [1.29, 1.82) is 0 Å². The first kappa shape index (κ1) is 14.8. The van der Waals surface area contributed by atoms with Crippen LogP contribution in [0.5, 0.6) is 0 Å². The van der Waals surface area contributed by atoms with Crippen LogP contribution in [0.2, 0.25) is 0 Å². The van der Waals surface area contributed by atoms with Gasteiger partial charge in [-0.25, -0.2) is 9.78 Å². The molecule has 0 aliphatic carbocycles. The molecule has 0 bridgehead atoms. The summed E-state index contributed by atoms with van der Waals surface area (Å²) in [6.45, 7) is 5.99. The summed E-state index contributed by atoms with van der Waals surface area (Å²) in [6.07, 6.45) is 5.89. The van der Waals surface area contributed by atoms with Crippen molar-refractivity contribution in [3.63, 3.8) is 0 Å². The van der Waals surface area contributed by atoms with E-state index in [1.807, 2.05) is 26.2 Å². The highest BCUT2D eigenvalue weighted by Crippen LogP contribution is 2.17. The molecule has 6 nitrogen and oxygen atoms in total. The highest BCUT2D eigenvalue weighted by molar-refractivity contribution is 5.73. The number of amides is 2. The van der Waals surface area contributed by atoms with Crippen LogP contribution in [0.1, 0.15) is 26.1 Å². The van der Waals surface area contributed by atoms with Crippen molar-refractivity contribution in [2.45, 2.75) is 38.8 Å². The molecule has 0 unspecified atom stereocenters. The van der Waals surface area contributed by atoms with Gasteiger partial charge in [0.1, 0.15) is 5.82 Å².